The Labute approximate surface area is 245 Å². The molecule has 208 valence electrons. The highest BCUT2D eigenvalue weighted by Gasteiger charge is 2.24. The molecule has 0 fully saturated rings. The number of carbonyl (C=O) groups excluding carboxylic acids is 1. The van der Waals surface area contributed by atoms with E-state index < -0.39 is 11.9 Å². The molecule has 7 rings (SSSR count). The molecule has 7 aromatic rings. The molecular formula is C34H25N7O2. The number of anilines is 1. The third kappa shape index (κ3) is 4.47. The van der Waals surface area contributed by atoms with Gasteiger partial charge in [0.25, 0.3) is 11.5 Å². The molecule has 4 heterocycles. The van der Waals surface area contributed by atoms with Crippen molar-refractivity contribution in [1.29, 1.82) is 0 Å². The molecule has 0 saturated carbocycles. The minimum absolute atomic E-state index is 0.0702. The van der Waals surface area contributed by atoms with E-state index >= 15 is 0 Å². The molecule has 0 aliphatic heterocycles. The predicted octanol–water partition coefficient (Wildman–Crippen LogP) is 4.99. The summed E-state index contributed by atoms with van der Waals surface area (Å²) in [5.41, 5.74) is 10.1. The summed E-state index contributed by atoms with van der Waals surface area (Å²) in [4.78, 5) is 35.3. The number of hydrogen-bond donors (Lipinski definition) is 3. The number of aromatic amines is 1. The maximum Gasteiger partial charge on any atom is 0.264 e. The Kier molecular flexibility index (Phi) is 6.22. The molecule has 0 radical (unpaired) electrons. The molecule has 0 bridgehead atoms. The number of amides is 1. The van der Waals surface area contributed by atoms with Crippen LogP contribution in [0.5, 0.6) is 0 Å². The van der Waals surface area contributed by atoms with E-state index in [1.807, 2.05) is 92.0 Å². The molecule has 4 aromatic heterocycles. The quantitative estimate of drug-likeness (QED) is 0.261. The number of H-pyrrole nitrogens is 1. The van der Waals surface area contributed by atoms with Gasteiger partial charge in [-0.05, 0) is 48.7 Å². The Bertz CT molecular complexity index is 2300. The Morgan fingerprint density at radius 1 is 0.977 bits per heavy atom. The van der Waals surface area contributed by atoms with Crippen LogP contribution in [-0.4, -0.2) is 30.1 Å². The predicted molar refractivity (Wildman–Crippen MR) is 167 cm³/mol. The summed E-state index contributed by atoms with van der Waals surface area (Å²) in [7, 11) is 0. The number of benzene rings is 3. The number of nitrogens with zero attached hydrogens (tertiary/aromatic N) is 4. The summed E-state index contributed by atoms with van der Waals surface area (Å²) in [6, 6.07) is 26.0. The maximum atomic E-state index is 14.3. The number of para-hydroxylation sites is 2. The average Bonchev–Trinajstić information content (AvgIpc) is 3.60. The van der Waals surface area contributed by atoms with Crippen molar-refractivity contribution in [2.45, 2.75) is 13.0 Å². The van der Waals surface area contributed by atoms with Gasteiger partial charge in [-0.1, -0.05) is 60.4 Å². The van der Waals surface area contributed by atoms with Gasteiger partial charge in [0.15, 0.2) is 11.5 Å². The molecule has 43 heavy (non-hydrogen) atoms. The Morgan fingerprint density at radius 2 is 1.77 bits per heavy atom. The van der Waals surface area contributed by atoms with Crippen LogP contribution in [0.25, 0.3) is 33.0 Å². The first-order valence-electron chi connectivity index (χ1n) is 13.7. The van der Waals surface area contributed by atoms with Crippen molar-refractivity contribution < 1.29 is 4.79 Å². The lowest BCUT2D eigenvalue weighted by molar-refractivity contribution is 0.0941. The normalized spacial score (nSPS) is 11.8. The first-order chi connectivity index (χ1) is 21.0. The number of rotatable bonds is 4. The average molecular weight is 564 g/mol. The molecular weight excluding hydrogens is 538 g/mol. The number of nitrogens with one attached hydrogen (secondary N) is 2. The second-order valence-electron chi connectivity index (χ2n) is 10.2. The highest BCUT2D eigenvalue weighted by atomic mass is 16.2. The second-order valence-corrected chi connectivity index (χ2v) is 10.2. The zero-order valence-corrected chi connectivity index (χ0v) is 23.1. The van der Waals surface area contributed by atoms with Crippen molar-refractivity contribution in [3.8, 4) is 17.5 Å². The molecule has 4 N–H and O–H groups in total. The first kappa shape index (κ1) is 25.8. The zero-order valence-electron chi connectivity index (χ0n) is 23.1. The fourth-order valence-corrected chi connectivity index (χ4v) is 5.42. The van der Waals surface area contributed by atoms with Gasteiger partial charge in [0.1, 0.15) is 5.56 Å². The van der Waals surface area contributed by atoms with Gasteiger partial charge < -0.3 is 16.0 Å². The number of nitrogens with two attached hydrogens (primary N) is 1. The fourth-order valence-electron chi connectivity index (χ4n) is 5.42. The molecule has 0 aliphatic rings. The van der Waals surface area contributed by atoms with Gasteiger partial charge in [0.2, 0.25) is 0 Å². The Hall–Kier alpha value is -6.14. The summed E-state index contributed by atoms with van der Waals surface area (Å²) in [5, 5.41) is 9.44. The molecule has 1 atom stereocenters. The van der Waals surface area contributed by atoms with Crippen molar-refractivity contribution in [3.05, 3.63) is 136 Å². The number of fused-ring (bicyclic) bond motifs is 3. The lowest BCUT2D eigenvalue weighted by Crippen LogP contribution is -2.32. The van der Waals surface area contributed by atoms with Crippen LogP contribution in [0.15, 0.2) is 108 Å². The molecule has 9 heteroatoms. The lowest BCUT2D eigenvalue weighted by atomic mass is 10.0. The van der Waals surface area contributed by atoms with Crippen molar-refractivity contribution in [2.75, 3.05) is 5.73 Å². The van der Waals surface area contributed by atoms with E-state index in [1.165, 1.54) is 4.52 Å². The Balaban J connectivity index is 1.35. The van der Waals surface area contributed by atoms with Gasteiger partial charge in [0.05, 0.1) is 17.0 Å². The molecule has 0 saturated heterocycles. The number of carbonyl (C=O) groups is 1. The van der Waals surface area contributed by atoms with Crippen molar-refractivity contribution in [3.63, 3.8) is 0 Å². The van der Waals surface area contributed by atoms with Crippen LogP contribution in [0.2, 0.25) is 0 Å². The van der Waals surface area contributed by atoms with E-state index in [-0.39, 0.29) is 16.9 Å². The van der Waals surface area contributed by atoms with Crippen LogP contribution < -0.4 is 16.6 Å². The largest absolute Gasteiger partial charge is 0.381 e. The van der Waals surface area contributed by atoms with E-state index in [0.717, 1.165) is 21.9 Å². The van der Waals surface area contributed by atoms with Crippen molar-refractivity contribution >= 4 is 39.0 Å². The van der Waals surface area contributed by atoms with Gasteiger partial charge in [0, 0.05) is 46.4 Å². The minimum atomic E-state index is -0.580. The van der Waals surface area contributed by atoms with E-state index in [9.17, 15) is 9.59 Å². The lowest BCUT2D eigenvalue weighted by Gasteiger charge is -2.21. The molecule has 0 spiro atoms. The number of hydrogen-bond acceptors (Lipinski definition) is 5. The SMILES string of the molecule is C[C@@H](NC(=O)c1c(N)nn2cccnc12)c1cc2cccc(C#Cc3c[nH]c4ccccc34)c2c(=O)n1-c1ccccc1. The van der Waals surface area contributed by atoms with Crippen molar-refractivity contribution in [2.24, 2.45) is 0 Å². The van der Waals surface area contributed by atoms with Crippen molar-refractivity contribution in [1.82, 2.24) is 29.5 Å². The van der Waals surface area contributed by atoms with Crippen LogP contribution in [0.1, 0.15) is 40.1 Å². The summed E-state index contributed by atoms with van der Waals surface area (Å²) in [6.07, 6.45) is 5.13. The summed E-state index contributed by atoms with van der Waals surface area (Å²) >= 11 is 0. The van der Waals surface area contributed by atoms with Crippen LogP contribution in [0, 0.1) is 11.8 Å². The highest BCUT2D eigenvalue weighted by molar-refractivity contribution is 6.04. The number of pyridine rings is 1. The monoisotopic (exact) mass is 563 g/mol. The second kappa shape index (κ2) is 10.4. The summed E-state index contributed by atoms with van der Waals surface area (Å²) in [6.45, 7) is 1.83. The molecule has 0 unspecified atom stereocenters. The van der Waals surface area contributed by atoms with Gasteiger partial charge in [-0.2, -0.15) is 0 Å². The van der Waals surface area contributed by atoms with Gasteiger partial charge in [-0.25, -0.2) is 9.50 Å². The third-order valence-corrected chi connectivity index (χ3v) is 7.45. The van der Waals surface area contributed by atoms with Gasteiger partial charge in [-0.15, -0.1) is 5.10 Å². The van der Waals surface area contributed by atoms with Crippen LogP contribution >= 0.6 is 0 Å². The van der Waals surface area contributed by atoms with Crippen LogP contribution in [-0.2, 0) is 0 Å². The Morgan fingerprint density at radius 3 is 2.63 bits per heavy atom. The standard InChI is InChI=1S/C34H25N7O2/c1-21(38-33(42)30-31(35)39-40-18-8-17-36-32(30)40)28-19-23-10-7-9-22(15-16-24-20-37-27-14-6-5-13-26(24)27)29(23)34(43)41(28)25-11-3-2-4-12-25/h2-14,17-21,37H,1H3,(H2,35,39)(H,38,42)/t21-/m1/s1. The highest BCUT2D eigenvalue weighted by Crippen LogP contribution is 2.25. The van der Waals surface area contributed by atoms with Gasteiger partial charge >= 0.3 is 0 Å². The van der Waals surface area contributed by atoms with E-state index in [4.69, 9.17) is 5.73 Å². The smallest absolute Gasteiger partial charge is 0.264 e. The molecule has 9 nitrogen and oxygen atoms in total. The number of nitrogen functional groups attached to an aromatic ring is 1. The summed E-state index contributed by atoms with van der Waals surface area (Å²) < 4.78 is 3.09. The molecule has 1 amide bonds. The van der Waals surface area contributed by atoms with E-state index in [2.05, 4.69) is 32.2 Å². The zero-order chi connectivity index (χ0) is 29.5. The van der Waals surface area contributed by atoms with Crippen LogP contribution in [0.3, 0.4) is 0 Å². The van der Waals surface area contributed by atoms with E-state index in [0.29, 0.717) is 28.0 Å². The first-order valence-corrected chi connectivity index (χ1v) is 13.7. The maximum absolute atomic E-state index is 14.3. The third-order valence-electron chi connectivity index (χ3n) is 7.45. The van der Waals surface area contributed by atoms with E-state index in [1.54, 1.807) is 23.0 Å². The molecule has 0 aliphatic carbocycles. The summed E-state index contributed by atoms with van der Waals surface area (Å²) in [5.74, 6) is 6.12. The number of aromatic nitrogens is 5. The minimum Gasteiger partial charge on any atom is -0.381 e. The van der Waals surface area contributed by atoms with Gasteiger partial charge in [-0.3, -0.25) is 14.2 Å². The van der Waals surface area contributed by atoms with Crippen LogP contribution in [0.4, 0.5) is 5.82 Å². The molecule has 3 aromatic carbocycles. The topological polar surface area (TPSA) is 123 Å². The fraction of sp³-hybridized carbons (Fsp3) is 0.0588.